The predicted octanol–water partition coefficient (Wildman–Crippen LogP) is 4.47. The van der Waals surface area contributed by atoms with Crippen molar-refractivity contribution >= 4 is 50.2 Å². The summed E-state index contributed by atoms with van der Waals surface area (Å²) in [4.78, 5) is 23.6. The van der Waals surface area contributed by atoms with Crippen LogP contribution in [0.25, 0.3) is 6.08 Å². The third kappa shape index (κ3) is 3.00. The van der Waals surface area contributed by atoms with Crippen molar-refractivity contribution in [1.29, 1.82) is 0 Å². The van der Waals surface area contributed by atoms with Crippen LogP contribution in [0.2, 0.25) is 0 Å². The topological polar surface area (TPSA) is 64.0 Å². The van der Waals surface area contributed by atoms with Gasteiger partial charge in [0.05, 0.1) is 0 Å². The SMILES string of the molecule is O=C1/C(=C\c2ccc3c(c2)OCO3)N=C(c2ccc(Br)cc2)N1c1nccs1. The van der Waals surface area contributed by atoms with Crippen LogP contribution >= 0.6 is 27.3 Å². The summed E-state index contributed by atoms with van der Waals surface area (Å²) in [6.45, 7) is 0.206. The quantitative estimate of drug-likeness (QED) is 0.548. The summed E-state index contributed by atoms with van der Waals surface area (Å²) < 4.78 is 11.7. The number of amidine groups is 1. The van der Waals surface area contributed by atoms with Crippen molar-refractivity contribution in [2.75, 3.05) is 11.7 Å². The second kappa shape index (κ2) is 6.88. The number of aromatic nitrogens is 1. The first-order chi connectivity index (χ1) is 13.7. The molecule has 0 aliphatic carbocycles. The van der Waals surface area contributed by atoms with Crippen LogP contribution < -0.4 is 14.4 Å². The van der Waals surface area contributed by atoms with Crippen molar-refractivity contribution in [2.45, 2.75) is 0 Å². The molecule has 0 radical (unpaired) electrons. The van der Waals surface area contributed by atoms with E-state index in [1.807, 2.05) is 47.8 Å². The molecule has 3 aromatic rings. The van der Waals surface area contributed by atoms with E-state index in [0.717, 1.165) is 15.6 Å². The number of benzene rings is 2. The van der Waals surface area contributed by atoms with Gasteiger partial charge in [0.25, 0.3) is 5.91 Å². The summed E-state index contributed by atoms with van der Waals surface area (Å²) in [6, 6.07) is 13.2. The Balaban J connectivity index is 1.58. The van der Waals surface area contributed by atoms with Crippen LogP contribution in [0.4, 0.5) is 5.13 Å². The van der Waals surface area contributed by atoms with Gasteiger partial charge in [0.15, 0.2) is 16.6 Å². The number of anilines is 1. The highest BCUT2D eigenvalue weighted by Gasteiger charge is 2.34. The maximum absolute atomic E-state index is 13.1. The molecule has 2 aliphatic heterocycles. The van der Waals surface area contributed by atoms with Crippen LogP contribution in [-0.2, 0) is 4.79 Å². The number of hydrogen-bond donors (Lipinski definition) is 0. The number of carbonyl (C=O) groups is 1. The van der Waals surface area contributed by atoms with E-state index >= 15 is 0 Å². The number of aliphatic imine (C=N–C) groups is 1. The Labute approximate surface area is 172 Å². The highest BCUT2D eigenvalue weighted by molar-refractivity contribution is 9.10. The lowest BCUT2D eigenvalue weighted by molar-refractivity contribution is -0.113. The largest absolute Gasteiger partial charge is 0.454 e. The molecule has 1 aromatic heterocycles. The summed E-state index contributed by atoms with van der Waals surface area (Å²) in [5.41, 5.74) is 1.99. The van der Waals surface area contributed by atoms with E-state index in [1.165, 1.54) is 11.3 Å². The summed E-state index contributed by atoms with van der Waals surface area (Å²) in [5.74, 6) is 1.70. The lowest BCUT2D eigenvalue weighted by atomic mass is 10.1. The van der Waals surface area contributed by atoms with Gasteiger partial charge < -0.3 is 9.47 Å². The number of hydrogen-bond acceptors (Lipinski definition) is 6. The summed E-state index contributed by atoms with van der Waals surface area (Å²) >= 11 is 4.83. The molecule has 3 heterocycles. The molecule has 0 saturated heterocycles. The van der Waals surface area contributed by atoms with Crippen LogP contribution in [-0.4, -0.2) is 23.5 Å². The maximum atomic E-state index is 13.1. The molecule has 28 heavy (non-hydrogen) atoms. The van der Waals surface area contributed by atoms with Gasteiger partial charge in [-0.1, -0.05) is 34.1 Å². The number of fused-ring (bicyclic) bond motifs is 1. The average molecular weight is 454 g/mol. The van der Waals surface area contributed by atoms with E-state index in [-0.39, 0.29) is 12.7 Å². The number of rotatable bonds is 3. The average Bonchev–Trinajstić information content (AvgIpc) is 3.43. The fraction of sp³-hybridized carbons (Fsp3) is 0.0500. The number of ether oxygens (including phenoxy) is 2. The van der Waals surface area contributed by atoms with Crippen molar-refractivity contribution < 1.29 is 14.3 Å². The van der Waals surface area contributed by atoms with Crippen molar-refractivity contribution in [3.8, 4) is 11.5 Å². The smallest absolute Gasteiger partial charge is 0.284 e. The fourth-order valence-corrected chi connectivity index (χ4v) is 3.88. The first-order valence-corrected chi connectivity index (χ1v) is 10.1. The summed E-state index contributed by atoms with van der Waals surface area (Å²) in [6.07, 6.45) is 3.42. The Morgan fingerprint density at radius 1 is 1.11 bits per heavy atom. The molecule has 0 N–H and O–H groups in total. The minimum atomic E-state index is -0.217. The first kappa shape index (κ1) is 17.2. The Kier molecular flexibility index (Phi) is 4.22. The minimum absolute atomic E-state index is 0.206. The summed E-state index contributed by atoms with van der Waals surface area (Å²) in [7, 11) is 0. The van der Waals surface area contributed by atoms with Crippen LogP contribution in [0, 0.1) is 0 Å². The summed E-state index contributed by atoms with van der Waals surface area (Å²) in [5, 5.41) is 2.42. The molecule has 0 spiro atoms. The molecule has 0 atom stereocenters. The van der Waals surface area contributed by atoms with Gasteiger partial charge in [0.2, 0.25) is 6.79 Å². The van der Waals surface area contributed by atoms with Gasteiger partial charge in [-0.15, -0.1) is 11.3 Å². The molecule has 0 bridgehead atoms. The van der Waals surface area contributed by atoms with Crippen molar-refractivity contribution in [3.05, 3.63) is 75.3 Å². The normalized spacial score (nSPS) is 16.8. The van der Waals surface area contributed by atoms with E-state index in [9.17, 15) is 4.79 Å². The first-order valence-electron chi connectivity index (χ1n) is 8.39. The van der Waals surface area contributed by atoms with Crippen LogP contribution in [0.1, 0.15) is 11.1 Å². The molecule has 138 valence electrons. The molecule has 8 heteroatoms. The predicted molar refractivity (Wildman–Crippen MR) is 111 cm³/mol. The number of thiazole rings is 1. The Bertz CT molecular complexity index is 1120. The van der Waals surface area contributed by atoms with Gasteiger partial charge >= 0.3 is 0 Å². The number of amides is 1. The van der Waals surface area contributed by atoms with Gasteiger partial charge in [0, 0.05) is 21.6 Å². The molecule has 6 nitrogen and oxygen atoms in total. The molecule has 2 aromatic carbocycles. The van der Waals surface area contributed by atoms with Gasteiger partial charge in [-0.05, 0) is 35.9 Å². The third-order valence-corrected chi connectivity index (χ3v) is 5.56. The molecule has 0 saturated carbocycles. The Morgan fingerprint density at radius 3 is 2.71 bits per heavy atom. The molecule has 1 amide bonds. The van der Waals surface area contributed by atoms with Gasteiger partial charge in [-0.3, -0.25) is 4.79 Å². The van der Waals surface area contributed by atoms with Crippen molar-refractivity contribution in [3.63, 3.8) is 0 Å². The van der Waals surface area contributed by atoms with Crippen LogP contribution in [0.15, 0.2) is 69.2 Å². The molecule has 0 unspecified atom stereocenters. The molecular formula is C20H12BrN3O3S. The third-order valence-electron chi connectivity index (χ3n) is 4.27. The monoisotopic (exact) mass is 453 g/mol. The van der Waals surface area contributed by atoms with Crippen LogP contribution in [0.5, 0.6) is 11.5 Å². The second-order valence-electron chi connectivity index (χ2n) is 6.04. The Hall–Kier alpha value is -2.97. The maximum Gasteiger partial charge on any atom is 0.284 e. The van der Waals surface area contributed by atoms with E-state index in [2.05, 4.69) is 25.9 Å². The van der Waals surface area contributed by atoms with E-state index < -0.39 is 0 Å². The van der Waals surface area contributed by atoms with Gasteiger partial charge in [0.1, 0.15) is 11.5 Å². The second-order valence-corrected chi connectivity index (χ2v) is 7.83. The number of nitrogens with zero attached hydrogens (tertiary/aromatic N) is 3. The minimum Gasteiger partial charge on any atom is -0.454 e. The molecular weight excluding hydrogens is 442 g/mol. The lowest BCUT2D eigenvalue weighted by Gasteiger charge is -2.14. The zero-order chi connectivity index (χ0) is 19.1. The van der Waals surface area contributed by atoms with Gasteiger partial charge in [-0.25, -0.2) is 14.9 Å². The fourth-order valence-electron chi connectivity index (χ4n) is 2.97. The van der Waals surface area contributed by atoms with Gasteiger partial charge in [-0.2, -0.15) is 0 Å². The van der Waals surface area contributed by atoms with Crippen LogP contribution in [0.3, 0.4) is 0 Å². The number of carbonyl (C=O) groups excluding carboxylic acids is 1. The standard InChI is InChI=1S/C20H12BrN3O3S/c21-14-4-2-13(3-5-14)18-23-15(19(25)24(18)20-22-7-8-28-20)9-12-1-6-16-17(10-12)27-11-26-16/h1-10H,11H2/b15-9+. The molecule has 5 rings (SSSR count). The lowest BCUT2D eigenvalue weighted by Crippen LogP contribution is -2.32. The highest BCUT2D eigenvalue weighted by atomic mass is 79.9. The zero-order valence-corrected chi connectivity index (χ0v) is 16.7. The van der Waals surface area contributed by atoms with Crippen molar-refractivity contribution in [2.24, 2.45) is 4.99 Å². The molecule has 2 aliphatic rings. The van der Waals surface area contributed by atoms with Crippen molar-refractivity contribution in [1.82, 2.24) is 4.98 Å². The molecule has 0 fully saturated rings. The van der Waals surface area contributed by atoms with E-state index in [4.69, 9.17) is 9.47 Å². The highest BCUT2D eigenvalue weighted by Crippen LogP contribution is 2.34. The van der Waals surface area contributed by atoms with E-state index in [1.54, 1.807) is 17.2 Å². The zero-order valence-electron chi connectivity index (χ0n) is 14.3. The van der Waals surface area contributed by atoms with E-state index in [0.29, 0.717) is 28.2 Å². The Morgan fingerprint density at radius 2 is 1.93 bits per heavy atom. The number of halogens is 1.